The van der Waals surface area contributed by atoms with Gasteiger partial charge in [-0.1, -0.05) is 158 Å². The van der Waals surface area contributed by atoms with E-state index in [1.54, 1.807) is 0 Å². The maximum atomic E-state index is 2.40. The molecule has 0 saturated heterocycles. The smallest absolute Gasteiger partial charge is 0.0540 e. The van der Waals surface area contributed by atoms with Crippen molar-refractivity contribution in [1.82, 2.24) is 0 Å². The van der Waals surface area contributed by atoms with E-state index in [-0.39, 0.29) is 0 Å². The highest BCUT2D eigenvalue weighted by molar-refractivity contribution is 7.27. The zero-order chi connectivity index (χ0) is 39.1. The monoisotopic (exact) mass is 770 g/mol. The van der Waals surface area contributed by atoms with Crippen molar-refractivity contribution in [3.63, 3.8) is 0 Å². The Hall–Kier alpha value is -7.46. The normalized spacial score (nSPS) is 11.4. The molecule has 0 amide bonds. The molecule has 3 heteroatoms. The Morgan fingerprint density at radius 3 is 1.47 bits per heavy atom. The lowest BCUT2D eigenvalue weighted by atomic mass is 9.94. The first-order chi connectivity index (χ1) is 29.3. The van der Waals surface area contributed by atoms with Crippen molar-refractivity contribution in [2.45, 2.75) is 0 Å². The van der Waals surface area contributed by atoms with E-state index in [4.69, 9.17) is 0 Å². The van der Waals surface area contributed by atoms with Crippen LogP contribution in [-0.4, -0.2) is 0 Å². The SMILES string of the molecule is c1ccc(-c2ccccc2N(c2ccccc2)c2ccc3c(c2)sc2c4ccc(-c5ccc(N(c6ccccc6)c6ccccc6)cc5)cc4c4ccccc4c32)cc1. The van der Waals surface area contributed by atoms with Gasteiger partial charge in [0.05, 0.1) is 5.69 Å². The summed E-state index contributed by atoms with van der Waals surface area (Å²) in [6.07, 6.45) is 0. The molecule has 11 rings (SSSR count). The first-order valence-corrected chi connectivity index (χ1v) is 20.9. The average Bonchev–Trinajstić information content (AvgIpc) is 3.70. The Labute approximate surface area is 348 Å². The lowest BCUT2D eigenvalue weighted by molar-refractivity contribution is 1.28. The Kier molecular flexibility index (Phi) is 8.72. The zero-order valence-corrected chi connectivity index (χ0v) is 33.1. The lowest BCUT2D eigenvalue weighted by Crippen LogP contribution is -2.10. The number of hydrogen-bond donors (Lipinski definition) is 0. The molecule has 2 nitrogen and oxygen atoms in total. The molecule has 0 fully saturated rings. The van der Waals surface area contributed by atoms with Crippen LogP contribution < -0.4 is 9.80 Å². The van der Waals surface area contributed by atoms with Gasteiger partial charge in [-0.25, -0.2) is 0 Å². The van der Waals surface area contributed by atoms with Crippen molar-refractivity contribution in [2.24, 2.45) is 0 Å². The van der Waals surface area contributed by atoms with E-state index in [9.17, 15) is 0 Å². The fourth-order valence-corrected chi connectivity index (χ4v) is 9.99. The number of para-hydroxylation sites is 4. The third kappa shape index (κ3) is 6.20. The van der Waals surface area contributed by atoms with E-state index in [1.165, 1.54) is 64.0 Å². The maximum Gasteiger partial charge on any atom is 0.0540 e. The molecule has 1 aromatic heterocycles. The van der Waals surface area contributed by atoms with Crippen molar-refractivity contribution < 1.29 is 0 Å². The van der Waals surface area contributed by atoms with Crippen molar-refractivity contribution in [3.8, 4) is 22.3 Å². The van der Waals surface area contributed by atoms with E-state index in [2.05, 4.69) is 240 Å². The summed E-state index contributed by atoms with van der Waals surface area (Å²) in [5.41, 5.74) is 11.6. The van der Waals surface area contributed by atoms with Gasteiger partial charge in [0, 0.05) is 59.6 Å². The minimum Gasteiger partial charge on any atom is -0.311 e. The molecule has 0 N–H and O–H groups in total. The summed E-state index contributed by atoms with van der Waals surface area (Å²) in [6.45, 7) is 0. The van der Waals surface area contributed by atoms with E-state index < -0.39 is 0 Å². The molecule has 0 aliphatic carbocycles. The van der Waals surface area contributed by atoms with Crippen LogP contribution in [0.15, 0.2) is 231 Å². The number of rotatable bonds is 8. The molecule has 278 valence electrons. The molecule has 10 aromatic carbocycles. The van der Waals surface area contributed by atoms with E-state index in [1.807, 2.05) is 11.3 Å². The molecule has 0 bridgehead atoms. The number of hydrogen-bond acceptors (Lipinski definition) is 3. The third-order valence-electron chi connectivity index (χ3n) is 11.4. The molecule has 0 saturated carbocycles. The molecular weight excluding hydrogens is 733 g/mol. The molecule has 0 atom stereocenters. The number of benzene rings is 10. The van der Waals surface area contributed by atoms with Gasteiger partial charge in [-0.3, -0.25) is 0 Å². The average molecular weight is 771 g/mol. The Morgan fingerprint density at radius 1 is 0.288 bits per heavy atom. The lowest BCUT2D eigenvalue weighted by Gasteiger charge is -2.28. The van der Waals surface area contributed by atoms with Gasteiger partial charge in [-0.2, -0.15) is 0 Å². The summed E-state index contributed by atoms with van der Waals surface area (Å²) in [7, 11) is 0. The van der Waals surface area contributed by atoms with Crippen LogP contribution in [0.25, 0.3) is 64.0 Å². The highest BCUT2D eigenvalue weighted by Gasteiger charge is 2.20. The van der Waals surface area contributed by atoms with Gasteiger partial charge < -0.3 is 9.80 Å². The van der Waals surface area contributed by atoms with Gasteiger partial charge >= 0.3 is 0 Å². The molecule has 0 spiro atoms. The van der Waals surface area contributed by atoms with Crippen LogP contribution in [0.1, 0.15) is 0 Å². The molecule has 0 unspecified atom stereocenters. The van der Waals surface area contributed by atoms with Crippen LogP contribution >= 0.6 is 11.3 Å². The molecule has 0 radical (unpaired) electrons. The molecule has 0 aliphatic heterocycles. The molecule has 11 aromatic rings. The number of nitrogens with zero attached hydrogens (tertiary/aromatic N) is 2. The summed E-state index contributed by atoms with van der Waals surface area (Å²) >= 11 is 1.90. The van der Waals surface area contributed by atoms with Gasteiger partial charge in [-0.15, -0.1) is 11.3 Å². The maximum absolute atomic E-state index is 2.40. The van der Waals surface area contributed by atoms with Gasteiger partial charge in [0.15, 0.2) is 0 Å². The van der Waals surface area contributed by atoms with Crippen molar-refractivity contribution >= 4 is 87.2 Å². The standard InChI is InChI=1S/C56H38N2S/c1-5-17-40(18-6-1)47-25-15-16-28-53(47)58(44-23-11-4-12-24-44)46-34-36-51-54(38-46)59-56-50-35-31-41(37-52(50)48-26-13-14-27-49(48)55(51)56)39-29-32-45(33-30-39)57(42-19-7-2-8-20-42)43-21-9-3-10-22-43/h1-38H. The molecule has 0 aliphatic rings. The summed E-state index contributed by atoms with van der Waals surface area (Å²) in [4.78, 5) is 4.71. The summed E-state index contributed by atoms with van der Waals surface area (Å²) in [5.74, 6) is 0. The summed E-state index contributed by atoms with van der Waals surface area (Å²) in [5, 5.41) is 7.75. The first kappa shape index (κ1) is 34.8. The highest BCUT2D eigenvalue weighted by atomic mass is 32.1. The predicted molar refractivity (Wildman–Crippen MR) is 255 cm³/mol. The van der Waals surface area contributed by atoms with Crippen molar-refractivity contribution in [1.29, 1.82) is 0 Å². The predicted octanol–water partition coefficient (Wildman–Crippen LogP) is 16.6. The second-order valence-corrected chi connectivity index (χ2v) is 16.0. The van der Waals surface area contributed by atoms with Crippen LogP contribution in [0.3, 0.4) is 0 Å². The topological polar surface area (TPSA) is 6.48 Å². The molecular formula is C56H38N2S. The first-order valence-electron chi connectivity index (χ1n) is 20.1. The Balaban J connectivity index is 1.04. The van der Waals surface area contributed by atoms with Gasteiger partial charge in [0.25, 0.3) is 0 Å². The fourth-order valence-electron chi connectivity index (χ4n) is 8.70. The van der Waals surface area contributed by atoms with Crippen LogP contribution in [0.2, 0.25) is 0 Å². The van der Waals surface area contributed by atoms with E-state index in [0.29, 0.717) is 0 Å². The molecule has 59 heavy (non-hydrogen) atoms. The quantitative estimate of drug-likeness (QED) is 0.142. The van der Waals surface area contributed by atoms with Crippen LogP contribution in [0.4, 0.5) is 34.1 Å². The fraction of sp³-hybridized carbons (Fsp3) is 0. The number of thiophene rings is 1. The third-order valence-corrected chi connectivity index (χ3v) is 12.6. The Bertz CT molecular complexity index is 3210. The highest BCUT2D eigenvalue weighted by Crippen LogP contribution is 2.48. The zero-order valence-electron chi connectivity index (χ0n) is 32.2. The van der Waals surface area contributed by atoms with Gasteiger partial charge in [0.2, 0.25) is 0 Å². The second kappa shape index (κ2) is 14.8. The largest absolute Gasteiger partial charge is 0.311 e. The van der Waals surface area contributed by atoms with E-state index >= 15 is 0 Å². The van der Waals surface area contributed by atoms with Gasteiger partial charge in [0.1, 0.15) is 0 Å². The van der Waals surface area contributed by atoms with Crippen molar-refractivity contribution in [2.75, 3.05) is 9.80 Å². The molecule has 1 heterocycles. The summed E-state index contributed by atoms with van der Waals surface area (Å²) in [6, 6.07) is 83.3. The van der Waals surface area contributed by atoms with Gasteiger partial charge in [-0.05, 0) is 106 Å². The second-order valence-electron chi connectivity index (χ2n) is 14.9. The van der Waals surface area contributed by atoms with Crippen LogP contribution in [0.5, 0.6) is 0 Å². The summed E-state index contributed by atoms with van der Waals surface area (Å²) < 4.78 is 2.60. The minimum absolute atomic E-state index is 1.12. The van der Waals surface area contributed by atoms with Crippen molar-refractivity contribution in [3.05, 3.63) is 231 Å². The van der Waals surface area contributed by atoms with Crippen LogP contribution in [-0.2, 0) is 0 Å². The number of anilines is 6. The van der Waals surface area contributed by atoms with E-state index in [0.717, 1.165) is 34.1 Å². The Morgan fingerprint density at radius 2 is 0.797 bits per heavy atom. The minimum atomic E-state index is 1.12. The van der Waals surface area contributed by atoms with Crippen LogP contribution in [0, 0.1) is 0 Å². The number of fused-ring (bicyclic) bond motifs is 8.